The summed E-state index contributed by atoms with van der Waals surface area (Å²) in [5, 5.41) is 3.20. The molecular weight excluding hydrogens is 628 g/mol. The minimum Gasteiger partial charge on any atom is -0.352 e. The summed E-state index contributed by atoms with van der Waals surface area (Å²) in [7, 11) is -1.15. The van der Waals surface area contributed by atoms with Gasteiger partial charge in [-0.15, -0.1) is 0 Å². The van der Waals surface area contributed by atoms with Gasteiger partial charge < -0.3 is 10.2 Å². The molecule has 3 aromatic rings. The summed E-state index contributed by atoms with van der Waals surface area (Å²) in [6.07, 6.45) is 4.23. The predicted octanol–water partition coefficient (Wildman–Crippen LogP) is 5.38. The molecule has 1 aliphatic carbocycles. The Morgan fingerprint density at radius 1 is 0.930 bits per heavy atom. The van der Waals surface area contributed by atoms with E-state index in [0.717, 1.165) is 61.0 Å². The first-order chi connectivity index (χ1) is 20.5. The molecule has 0 aliphatic heterocycles. The summed E-state index contributed by atoms with van der Waals surface area (Å²) in [5.74, 6) is -0.688. The zero-order valence-electron chi connectivity index (χ0n) is 25.3. The first-order valence-corrected chi connectivity index (χ1v) is 16.8. The number of anilines is 1. The van der Waals surface area contributed by atoms with Gasteiger partial charge in [0.05, 0.1) is 5.69 Å². The number of halogens is 1. The molecule has 1 saturated carbocycles. The molecule has 3 aromatic carbocycles. The Labute approximate surface area is 264 Å². The molecule has 43 heavy (non-hydrogen) atoms. The Kier molecular flexibility index (Phi) is 11.0. The van der Waals surface area contributed by atoms with Gasteiger partial charge in [0.25, 0.3) is 0 Å². The van der Waals surface area contributed by atoms with E-state index in [-0.39, 0.29) is 18.5 Å². The van der Waals surface area contributed by atoms with Crippen molar-refractivity contribution in [3.8, 4) is 0 Å². The second-order valence-corrected chi connectivity index (χ2v) is 14.4. The van der Waals surface area contributed by atoms with Gasteiger partial charge in [0.2, 0.25) is 11.8 Å². The maximum absolute atomic E-state index is 14.4. The van der Waals surface area contributed by atoms with Crippen LogP contribution in [-0.2, 0) is 32.8 Å². The number of rotatable bonds is 12. The molecule has 230 valence electrons. The fourth-order valence-corrected chi connectivity index (χ4v) is 6.78. The number of aryl methyl sites for hydroxylation is 2. The van der Waals surface area contributed by atoms with E-state index >= 15 is 0 Å². The molecular formula is C33H41BrN4O4S. The van der Waals surface area contributed by atoms with E-state index in [9.17, 15) is 18.0 Å². The average Bonchev–Trinajstić information content (AvgIpc) is 3.49. The Morgan fingerprint density at radius 3 is 2.21 bits per heavy atom. The summed E-state index contributed by atoms with van der Waals surface area (Å²) in [6, 6.07) is 21.9. The molecule has 4 rings (SSSR count). The molecule has 0 spiro atoms. The number of nitrogens with zero attached hydrogens (tertiary/aromatic N) is 3. The van der Waals surface area contributed by atoms with Crippen molar-refractivity contribution >= 4 is 43.6 Å². The van der Waals surface area contributed by atoms with E-state index in [1.54, 1.807) is 11.0 Å². The van der Waals surface area contributed by atoms with Crippen molar-refractivity contribution in [1.29, 1.82) is 0 Å². The highest BCUT2D eigenvalue weighted by molar-refractivity contribution is 9.10. The van der Waals surface area contributed by atoms with Crippen molar-refractivity contribution in [1.82, 2.24) is 14.5 Å². The predicted molar refractivity (Wildman–Crippen MR) is 175 cm³/mol. The van der Waals surface area contributed by atoms with Gasteiger partial charge in [-0.3, -0.25) is 9.59 Å². The fourth-order valence-electron chi connectivity index (χ4n) is 5.40. The molecule has 0 unspecified atom stereocenters. The van der Waals surface area contributed by atoms with Gasteiger partial charge in [0, 0.05) is 37.6 Å². The largest absolute Gasteiger partial charge is 0.352 e. The SMILES string of the molecule is Cc1ccc(C)c(N(CC(=O)N(Cc2ccc(Br)cc2)[C@@H](Cc2ccccc2)C(=O)NC2CCCC2)S(=O)(=O)N(C)C)c1. The molecule has 1 N–H and O–H groups in total. The van der Waals surface area contributed by atoms with Crippen LogP contribution < -0.4 is 9.62 Å². The molecule has 1 aliphatic rings. The Morgan fingerprint density at radius 2 is 1.58 bits per heavy atom. The van der Waals surface area contributed by atoms with E-state index < -0.39 is 28.7 Å². The highest BCUT2D eigenvalue weighted by Gasteiger charge is 2.36. The second kappa shape index (κ2) is 14.5. The first-order valence-electron chi connectivity index (χ1n) is 14.6. The highest BCUT2D eigenvalue weighted by Crippen LogP contribution is 2.27. The number of amides is 2. The van der Waals surface area contributed by atoms with Gasteiger partial charge in [-0.25, -0.2) is 4.31 Å². The van der Waals surface area contributed by atoms with Gasteiger partial charge in [0.15, 0.2) is 0 Å². The van der Waals surface area contributed by atoms with E-state index in [1.165, 1.54) is 14.1 Å². The van der Waals surface area contributed by atoms with E-state index in [1.807, 2.05) is 80.6 Å². The zero-order valence-corrected chi connectivity index (χ0v) is 27.7. The van der Waals surface area contributed by atoms with Gasteiger partial charge in [-0.05, 0) is 67.1 Å². The van der Waals surface area contributed by atoms with Crippen LogP contribution in [0.3, 0.4) is 0 Å². The van der Waals surface area contributed by atoms with Gasteiger partial charge in [-0.1, -0.05) is 83.4 Å². The van der Waals surface area contributed by atoms with Crippen molar-refractivity contribution in [3.05, 3.63) is 99.5 Å². The molecule has 0 heterocycles. The first kappa shape index (κ1) is 32.7. The molecule has 0 bridgehead atoms. The molecule has 0 radical (unpaired) electrons. The number of carbonyl (C=O) groups excluding carboxylic acids is 2. The van der Waals surface area contributed by atoms with Crippen LogP contribution in [0.2, 0.25) is 0 Å². The smallest absolute Gasteiger partial charge is 0.304 e. The average molecular weight is 670 g/mol. The van der Waals surface area contributed by atoms with E-state index in [2.05, 4.69) is 21.2 Å². The van der Waals surface area contributed by atoms with Crippen LogP contribution in [0.5, 0.6) is 0 Å². The summed E-state index contributed by atoms with van der Waals surface area (Å²) in [4.78, 5) is 30.0. The van der Waals surface area contributed by atoms with E-state index in [0.29, 0.717) is 12.1 Å². The van der Waals surface area contributed by atoms with Gasteiger partial charge in [-0.2, -0.15) is 12.7 Å². The van der Waals surface area contributed by atoms with Crippen LogP contribution in [0.15, 0.2) is 77.3 Å². The Bertz CT molecular complexity index is 1510. The van der Waals surface area contributed by atoms with E-state index in [4.69, 9.17) is 0 Å². The zero-order chi connectivity index (χ0) is 31.1. The summed E-state index contributed by atoms with van der Waals surface area (Å²) < 4.78 is 30.5. The van der Waals surface area contributed by atoms with Crippen molar-refractivity contribution in [2.45, 2.75) is 64.6 Å². The molecule has 0 saturated heterocycles. The van der Waals surface area contributed by atoms with Crippen LogP contribution in [0.4, 0.5) is 5.69 Å². The lowest BCUT2D eigenvalue weighted by Crippen LogP contribution is -2.55. The van der Waals surface area contributed by atoms with Crippen LogP contribution in [0, 0.1) is 13.8 Å². The lowest BCUT2D eigenvalue weighted by atomic mass is 10.0. The summed E-state index contributed by atoms with van der Waals surface area (Å²) >= 11 is 3.47. The van der Waals surface area contributed by atoms with Crippen LogP contribution in [0.1, 0.15) is 47.9 Å². The normalized spacial score (nSPS) is 14.5. The van der Waals surface area contributed by atoms with Crippen molar-refractivity contribution in [2.24, 2.45) is 0 Å². The molecule has 2 amide bonds. The minimum absolute atomic E-state index is 0.0657. The number of carbonyl (C=O) groups is 2. The van der Waals surface area contributed by atoms with Crippen LogP contribution in [-0.4, -0.2) is 62.2 Å². The monoisotopic (exact) mass is 668 g/mol. The number of hydrogen-bond acceptors (Lipinski definition) is 4. The lowest BCUT2D eigenvalue weighted by Gasteiger charge is -2.35. The lowest BCUT2D eigenvalue weighted by molar-refractivity contribution is -0.140. The minimum atomic E-state index is -4.05. The molecule has 0 aromatic heterocycles. The third-order valence-electron chi connectivity index (χ3n) is 7.89. The maximum Gasteiger partial charge on any atom is 0.304 e. The van der Waals surface area contributed by atoms with Crippen LogP contribution in [0.25, 0.3) is 0 Å². The molecule has 8 nitrogen and oxygen atoms in total. The quantitative estimate of drug-likeness (QED) is 0.281. The summed E-state index contributed by atoms with van der Waals surface area (Å²) in [5.41, 5.74) is 3.77. The summed E-state index contributed by atoms with van der Waals surface area (Å²) in [6.45, 7) is 3.40. The standard InChI is InChI=1S/C33H41BrN4O4S/c1-24-14-15-25(2)30(20-24)38(43(41,42)36(3)4)23-32(39)37(22-27-16-18-28(34)19-17-27)31(21-26-10-6-5-7-11-26)33(40)35-29-12-8-9-13-29/h5-7,10-11,14-20,29,31H,8-9,12-13,21-23H2,1-4H3,(H,35,40)/t31-/m0/s1. The van der Waals surface area contributed by atoms with Crippen molar-refractivity contribution in [2.75, 3.05) is 24.9 Å². The Hall–Kier alpha value is -3.21. The third kappa shape index (κ3) is 8.46. The second-order valence-electron chi connectivity index (χ2n) is 11.4. The fraction of sp³-hybridized carbons (Fsp3) is 0.394. The van der Waals surface area contributed by atoms with Crippen molar-refractivity contribution < 1.29 is 18.0 Å². The van der Waals surface area contributed by atoms with Crippen molar-refractivity contribution in [3.63, 3.8) is 0 Å². The number of nitrogens with one attached hydrogen (secondary N) is 1. The topological polar surface area (TPSA) is 90.0 Å². The Balaban J connectivity index is 1.77. The molecule has 1 atom stereocenters. The number of hydrogen-bond donors (Lipinski definition) is 1. The third-order valence-corrected chi connectivity index (χ3v) is 10.2. The maximum atomic E-state index is 14.4. The molecule has 1 fully saturated rings. The van der Waals surface area contributed by atoms with Gasteiger partial charge in [0.1, 0.15) is 12.6 Å². The van der Waals surface area contributed by atoms with Gasteiger partial charge >= 0.3 is 10.2 Å². The number of benzene rings is 3. The van der Waals surface area contributed by atoms with Crippen LogP contribution >= 0.6 is 15.9 Å². The molecule has 10 heteroatoms. The highest BCUT2D eigenvalue weighted by atomic mass is 79.9.